The number of amides is 1. The normalized spacial score (nSPS) is 18.2. The van der Waals surface area contributed by atoms with E-state index in [0.717, 1.165) is 28.1 Å². The molecule has 0 saturated carbocycles. The highest BCUT2D eigenvalue weighted by Gasteiger charge is 2.34. The average Bonchev–Trinajstić information content (AvgIpc) is 3.36. The minimum Gasteiger partial charge on any atom is -0.460 e. The SMILES string of the molecule is CC(C)c1c(C(=O)Nc2ccccc2)c(-c2ccccc2)c(-c2ccc(F)cc2)n1CC[C@@H]1C[C@H](CC(=O)OC(C)(C)C)OS(=O)O1. The molecule has 1 aliphatic heterocycles. The second-order valence-electron chi connectivity index (χ2n) is 12.9. The number of rotatable bonds is 10. The monoisotopic (exact) mass is 660 g/mol. The largest absolute Gasteiger partial charge is 0.460 e. The summed E-state index contributed by atoms with van der Waals surface area (Å²) in [7, 11) is 0. The molecule has 0 bridgehead atoms. The minimum absolute atomic E-state index is 0.0492. The zero-order valence-corrected chi connectivity index (χ0v) is 28.1. The molecule has 3 atom stereocenters. The second-order valence-corrected chi connectivity index (χ2v) is 13.7. The van der Waals surface area contributed by atoms with E-state index in [1.807, 2.05) is 74.5 Å². The molecule has 1 fully saturated rings. The van der Waals surface area contributed by atoms with Gasteiger partial charge in [0, 0.05) is 29.9 Å². The van der Waals surface area contributed by atoms with Gasteiger partial charge in [-0.1, -0.05) is 62.4 Å². The predicted octanol–water partition coefficient (Wildman–Crippen LogP) is 8.21. The Labute approximate surface area is 278 Å². The Hall–Kier alpha value is -4.12. The zero-order valence-electron chi connectivity index (χ0n) is 27.3. The number of carbonyl (C=O) groups is 2. The van der Waals surface area contributed by atoms with Crippen molar-refractivity contribution >= 4 is 28.9 Å². The maximum absolute atomic E-state index is 14.3. The van der Waals surface area contributed by atoms with Crippen molar-refractivity contribution in [3.05, 3.63) is 102 Å². The molecule has 1 amide bonds. The van der Waals surface area contributed by atoms with Crippen molar-refractivity contribution in [1.82, 2.24) is 4.57 Å². The first-order valence-corrected chi connectivity index (χ1v) is 16.8. The summed E-state index contributed by atoms with van der Waals surface area (Å²) < 4.78 is 45.5. The molecular formula is C37H41FN2O6S. The van der Waals surface area contributed by atoms with Crippen molar-refractivity contribution in [1.29, 1.82) is 0 Å². The lowest BCUT2D eigenvalue weighted by Gasteiger charge is -2.29. The van der Waals surface area contributed by atoms with Crippen molar-refractivity contribution < 1.29 is 31.3 Å². The number of aromatic nitrogens is 1. The molecule has 8 nitrogen and oxygen atoms in total. The fourth-order valence-electron chi connectivity index (χ4n) is 5.95. The number of benzene rings is 3. The highest BCUT2D eigenvalue weighted by Crippen LogP contribution is 2.43. The molecule has 3 aromatic carbocycles. The zero-order chi connectivity index (χ0) is 33.7. The Kier molecular flexibility index (Phi) is 10.7. The number of nitrogens with one attached hydrogen (secondary N) is 1. The number of anilines is 1. The molecular weight excluding hydrogens is 619 g/mol. The van der Waals surface area contributed by atoms with Crippen LogP contribution in [0.15, 0.2) is 84.9 Å². The molecule has 0 aliphatic carbocycles. The maximum Gasteiger partial charge on any atom is 0.308 e. The van der Waals surface area contributed by atoms with E-state index in [2.05, 4.69) is 9.88 Å². The molecule has 4 aromatic rings. The van der Waals surface area contributed by atoms with Crippen LogP contribution in [0, 0.1) is 5.82 Å². The Balaban J connectivity index is 1.58. The third kappa shape index (κ3) is 8.62. The van der Waals surface area contributed by atoms with Crippen molar-refractivity contribution in [2.24, 2.45) is 0 Å². The lowest BCUT2D eigenvalue weighted by Crippen LogP contribution is -2.35. The summed E-state index contributed by atoms with van der Waals surface area (Å²) in [6.45, 7) is 9.82. The van der Waals surface area contributed by atoms with Gasteiger partial charge in [0.05, 0.1) is 29.9 Å². The van der Waals surface area contributed by atoms with Crippen LogP contribution in [-0.2, 0) is 35.8 Å². The third-order valence-corrected chi connectivity index (χ3v) is 8.59. The molecule has 0 spiro atoms. The Morgan fingerprint density at radius 3 is 2.17 bits per heavy atom. The summed E-state index contributed by atoms with van der Waals surface area (Å²) in [5, 5.41) is 3.08. The van der Waals surface area contributed by atoms with Crippen LogP contribution in [0.3, 0.4) is 0 Å². The summed E-state index contributed by atoms with van der Waals surface area (Å²) >= 11 is -2.04. The van der Waals surface area contributed by atoms with Gasteiger partial charge in [-0.05, 0) is 80.6 Å². The number of nitrogens with zero attached hydrogens (tertiary/aromatic N) is 1. The molecule has 1 saturated heterocycles. The average molecular weight is 661 g/mol. The Morgan fingerprint density at radius 1 is 0.936 bits per heavy atom. The van der Waals surface area contributed by atoms with Gasteiger partial charge in [0.1, 0.15) is 11.4 Å². The summed E-state index contributed by atoms with van der Waals surface area (Å²) in [5.41, 5.74) is 4.40. The van der Waals surface area contributed by atoms with E-state index < -0.39 is 35.1 Å². The van der Waals surface area contributed by atoms with Crippen molar-refractivity contribution in [3.8, 4) is 22.4 Å². The maximum atomic E-state index is 14.3. The van der Waals surface area contributed by atoms with Gasteiger partial charge >= 0.3 is 17.3 Å². The minimum atomic E-state index is -2.04. The van der Waals surface area contributed by atoms with E-state index in [1.54, 1.807) is 32.9 Å². The number of halogens is 1. The smallest absolute Gasteiger partial charge is 0.308 e. The van der Waals surface area contributed by atoms with Gasteiger partial charge in [-0.25, -0.2) is 4.39 Å². The summed E-state index contributed by atoms with van der Waals surface area (Å²) in [6, 6.07) is 25.2. The molecule has 47 heavy (non-hydrogen) atoms. The second kappa shape index (κ2) is 14.8. The summed E-state index contributed by atoms with van der Waals surface area (Å²) in [5.74, 6) is -1.16. The fraction of sp³-hybridized carbons (Fsp3) is 0.351. The quantitative estimate of drug-likeness (QED) is 0.172. The first kappa shape index (κ1) is 34.2. The van der Waals surface area contributed by atoms with Crippen LogP contribution in [0.2, 0.25) is 0 Å². The topological polar surface area (TPSA) is 95.9 Å². The predicted molar refractivity (Wildman–Crippen MR) is 181 cm³/mol. The Bertz CT molecular complexity index is 1720. The molecule has 248 valence electrons. The van der Waals surface area contributed by atoms with Crippen LogP contribution in [0.1, 0.15) is 75.9 Å². The van der Waals surface area contributed by atoms with Crippen LogP contribution in [-0.4, -0.2) is 38.5 Å². The summed E-state index contributed by atoms with van der Waals surface area (Å²) in [4.78, 5) is 26.8. The molecule has 0 radical (unpaired) electrons. The number of hydrogen-bond donors (Lipinski definition) is 1. The lowest BCUT2D eigenvalue weighted by molar-refractivity contribution is -0.157. The molecule has 1 aliphatic rings. The van der Waals surface area contributed by atoms with Gasteiger partial charge < -0.3 is 14.6 Å². The highest BCUT2D eigenvalue weighted by atomic mass is 32.2. The highest BCUT2D eigenvalue weighted by molar-refractivity contribution is 7.75. The third-order valence-electron chi connectivity index (χ3n) is 7.73. The summed E-state index contributed by atoms with van der Waals surface area (Å²) in [6.07, 6.45) is -0.435. The van der Waals surface area contributed by atoms with Crippen molar-refractivity contribution in [3.63, 3.8) is 0 Å². The molecule has 1 unspecified atom stereocenters. The fourth-order valence-corrected chi connectivity index (χ4v) is 6.76. The first-order valence-electron chi connectivity index (χ1n) is 15.8. The van der Waals surface area contributed by atoms with E-state index in [1.165, 1.54) is 12.1 Å². The van der Waals surface area contributed by atoms with E-state index in [9.17, 15) is 18.2 Å². The van der Waals surface area contributed by atoms with Crippen LogP contribution in [0.5, 0.6) is 0 Å². The van der Waals surface area contributed by atoms with Gasteiger partial charge in [-0.3, -0.25) is 18.0 Å². The number of hydrogen-bond acceptors (Lipinski definition) is 6. The number of carbonyl (C=O) groups excluding carboxylic acids is 2. The molecule has 1 aromatic heterocycles. The van der Waals surface area contributed by atoms with Gasteiger partial charge in [0.2, 0.25) is 0 Å². The first-order chi connectivity index (χ1) is 22.4. The van der Waals surface area contributed by atoms with Gasteiger partial charge in [0.25, 0.3) is 5.91 Å². The van der Waals surface area contributed by atoms with Gasteiger partial charge in [0.15, 0.2) is 0 Å². The van der Waals surface area contributed by atoms with Gasteiger partial charge in [-0.2, -0.15) is 4.21 Å². The van der Waals surface area contributed by atoms with E-state index in [-0.39, 0.29) is 24.1 Å². The molecule has 10 heteroatoms. The standard InChI is InChI=1S/C37H41FN2O6S/c1-24(2)34-33(36(42)39-28-14-10-7-11-15-28)32(25-12-8-6-9-13-25)35(26-16-18-27(38)19-17-26)40(34)21-20-29-22-30(46-47(43)45-29)23-31(41)44-37(3,4)5/h6-19,24,29-30H,20-23H2,1-5H3,(H,39,42)/t29-,30-,47?/m1/s1. The van der Waals surface area contributed by atoms with E-state index >= 15 is 0 Å². The number of esters is 1. The Morgan fingerprint density at radius 2 is 1.55 bits per heavy atom. The van der Waals surface area contributed by atoms with Crippen LogP contribution < -0.4 is 5.32 Å². The molecule has 1 N–H and O–H groups in total. The molecule has 2 heterocycles. The lowest BCUT2D eigenvalue weighted by atomic mass is 9.94. The van der Waals surface area contributed by atoms with Gasteiger partial charge in [-0.15, -0.1) is 0 Å². The van der Waals surface area contributed by atoms with Crippen LogP contribution >= 0.6 is 0 Å². The number of para-hydroxylation sites is 1. The van der Waals surface area contributed by atoms with Crippen LogP contribution in [0.4, 0.5) is 10.1 Å². The van der Waals surface area contributed by atoms with Crippen molar-refractivity contribution in [2.45, 2.75) is 84.2 Å². The van der Waals surface area contributed by atoms with Crippen molar-refractivity contribution in [2.75, 3.05) is 5.32 Å². The van der Waals surface area contributed by atoms with E-state index in [4.69, 9.17) is 13.1 Å². The van der Waals surface area contributed by atoms with E-state index in [0.29, 0.717) is 30.6 Å². The van der Waals surface area contributed by atoms with Crippen LogP contribution in [0.25, 0.3) is 22.4 Å². The molecule has 5 rings (SSSR count). The number of ether oxygens (including phenoxy) is 1.